The van der Waals surface area contributed by atoms with Crippen LogP contribution in [0.2, 0.25) is 0 Å². The fraction of sp³-hybridized carbons (Fsp3) is 0.600. The molecule has 0 aliphatic heterocycles. The number of carbonyl (C=O) groups excluding carboxylic acids is 1. The summed E-state index contributed by atoms with van der Waals surface area (Å²) in [7, 11) is 5.60. The van der Waals surface area contributed by atoms with Crippen LogP contribution in [0, 0.1) is 0 Å². The molecule has 0 aliphatic carbocycles. The highest BCUT2D eigenvalue weighted by Gasteiger charge is 2.17. The molecule has 0 spiro atoms. The minimum absolute atomic E-state index is 0.0884. The fourth-order valence-corrected chi connectivity index (χ4v) is 2.53. The lowest BCUT2D eigenvalue weighted by Gasteiger charge is -2.23. The highest BCUT2D eigenvalue weighted by molar-refractivity contribution is 9.10. The summed E-state index contributed by atoms with van der Waals surface area (Å²) >= 11 is 3.46. The molecule has 6 nitrogen and oxygen atoms in total. The molecule has 0 bridgehead atoms. The van der Waals surface area contributed by atoms with Gasteiger partial charge < -0.3 is 19.5 Å². The Bertz CT molecular complexity index is 546. The summed E-state index contributed by atoms with van der Waals surface area (Å²) in [5.74, 6) is 0.340. The number of ether oxygens (including phenoxy) is 1. The molecule has 1 N–H and O–H groups in total. The van der Waals surface area contributed by atoms with Crippen LogP contribution < -0.4 is 5.32 Å². The summed E-state index contributed by atoms with van der Waals surface area (Å²) in [6.07, 6.45) is 2.00. The van der Waals surface area contributed by atoms with Gasteiger partial charge in [0.25, 0.3) is 0 Å². The number of halogens is 1. The van der Waals surface area contributed by atoms with Crippen LogP contribution in [0.5, 0.6) is 0 Å². The first-order valence-corrected chi connectivity index (χ1v) is 7.86. The summed E-state index contributed by atoms with van der Waals surface area (Å²) in [6.45, 7) is 6.30. The van der Waals surface area contributed by atoms with E-state index in [0.717, 1.165) is 10.2 Å². The molecular formula is C15H25BrN4O2. The quantitative estimate of drug-likeness (QED) is 0.499. The molecule has 0 amide bonds. The van der Waals surface area contributed by atoms with Crippen molar-refractivity contribution < 1.29 is 9.53 Å². The van der Waals surface area contributed by atoms with E-state index in [4.69, 9.17) is 4.74 Å². The third-order valence-corrected chi connectivity index (χ3v) is 3.29. The smallest absolute Gasteiger partial charge is 0.325 e. The number of nitrogens with zero attached hydrogens (tertiary/aromatic N) is 3. The summed E-state index contributed by atoms with van der Waals surface area (Å²) in [6, 6.07) is 2.05. The molecule has 7 heteroatoms. The van der Waals surface area contributed by atoms with Crippen LogP contribution in [0.25, 0.3) is 0 Å². The Hall–Kier alpha value is -1.50. The topological polar surface area (TPSA) is 58.9 Å². The van der Waals surface area contributed by atoms with Crippen LogP contribution in [-0.4, -0.2) is 47.6 Å². The first-order chi connectivity index (χ1) is 10.1. The number of aliphatic imine (C=N–C) groups is 1. The molecule has 124 valence electrons. The standard InChI is InChI=1S/C15H25BrN4O2/c1-15(2,3)22-13(21)8-18-14(17-4)20(6)10-12-7-11(16)9-19(12)5/h7,9H,8,10H2,1-6H3,(H,17,18). The van der Waals surface area contributed by atoms with E-state index in [0.29, 0.717) is 12.5 Å². The lowest BCUT2D eigenvalue weighted by Crippen LogP contribution is -2.42. The van der Waals surface area contributed by atoms with Gasteiger partial charge in [0.15, 0.2) is 5.96 Å². The predicted octanol–water partition coefficient (Wildman–Crippen LogP) is 2.14. The average molecular weight is 373 g/mol. The zero-order valence-electron chi connectivity index (χ0n) is 14.1. The minimum Gasteiger partial charge on any atom is -0.459 e. The van der Waals surface area contributed by atoms with Crippen molar-refractivity contribution in [1.82, 2.24) is 14.8 Å². The third kappa shape index (κ3) is 6.09. The summed E-state index contributed by atoms with van der Waals surface area (Å²) < 4.78 is 8.35. The molecule has 0 atom stereocenters. The van der Waals surface area contributed by atoms with Gasteiger partial charge in [-0.2, -0.15) is 0 Å². The number of hydrogen-bond acceptors (Lipinski definition) is 3. The van der Waals surface area contributed by atoms with Crippen molar-refractivity contribution in [2.75, 3.05) is 20.6 Å². The zero-order valence-corrected chi connectivity index (χ0v) is 15.7. The van der Waals surface area contributed by atoms with Crippen LogP contribution in [0.15, 0.2) is 21.7 Å². The van der Waals surface area contributed by atoms with Crippen molar-refractivity contribution in [2.45, 2.75) is 32.9 Å². The molecule has 1 rings (SSSR count). The van der Waals surface area contributed by atoms with Crippen molar-refractivity contribution in [1.29, 1.82) is 0 Å². The van der Waals surface area contributed by atoms with Gasteiger partial charge in [-0.05, 0) is 42.8 Å². The number of guanidine groups is 1. The normalized spacial score (nSPS) is 12.2. The Morgan fingerprint density at radius 1 is 1.50 bits per heavy atom. The molecule has 1 aromatic heterocycles. The van der Waals surface area contributed by atoms with Gasteiger partial charge in [0, 0.05) is 37.5 Å². The molecular weight excluding hydrogens is 348 g/mol. The first kappa shape index (κ1) is 18.5. The molecule has 22 heavy (non-hydrogen) atoms. The second-order valence-corrected chi connectivity index (χ2v) is 7.02. The second kappa shape index (κ2) is 7.67. The maximum atomic E-state index is 11.7. The van der Waals surface area contributed by atoms with Crippen LogP contribution in [-0.2, 0) is 23.1 Å². The number of nitrogens with one attached hydrogen (secondary N) is 1. The van der Waals surface area contributed by atoms with Crippen molar-refractivity contribution in [3.8, 4) is 0 Å². The minimum atomic E-state index is -0.483. The third-order valence-electron chi connectivity index (χ3n) is 2.86. The van der Waals surface area contributed by atoms with Crippen molar-refractivity contribution in [3.05, 3.63) is 22.4 Å². The number of hydrogen-bond donors (Lipinski definition) is 1. The van der Waals surface area contributed by atoms with Crippen molar-refractivity contribution >= 4 is 27.9 Å². The van der Waals surface area contributed by atoms with E-state index >= 15 is 0 Å². The average Bonchev–Trinajstić information content (AvgIpc) is 2.66. The molecule has 0 unspecified atom stereocenters. The maximum Gasteiger partial charge on any atom is 0.325 e. The maximum absolute atomic E-state index is 11.7. The summed E-state index contributed by atoms with van der Waals surface area (Å²) in [5, 5.41) is 3.02. The number of aryl methyl sites for hydroxylation is 1. The molecule has 0 fully saturated rings. The van der Waals surface area contributed by atoms with Crippen LogP contribution >= 0.6 is 15.9 Å². The van der Waals surface area contributed by atoms with E-state index in [1.54, 1.807) is 7.05 Å². The number of esters is 1. The largest absolute Gasteiger partial charge is 0.459 e. The molecule has 0 radical (unpaired) electrons. The van der Waals surface area contributed by atoms with Gasteiger partial charge in [-0.3, -0.25) is 9.79 Å². The van der Waals surface area contributed by atoms with E-state index in [9.17, 15) is 4.79 Å². The van der Waals surface area contributed by atoms with Gasteiger partial charge in [-0.15, -0.1) is 0 Å². The van der Waals surface area contributed by atoms with Crippen molar-refractivity contribution in [3.63, 3.8) is 0 Å². The summed E-state index contributed by atoms with van der Waals surface area (Å²) in [4.78, 5) is 17.9. The predicted molar refractivity (Wildman–Crippen MR) is 91.8 cm³/mol. The lowest BCUT2D eigenvalue weighted by atomic mass is 10.2. The Kier molecular flexibility index (Phi) is 6.47. The number of aromatic nitrogens is 1. The van der Waals surface area contributed by atoms with Crippen LogP contribution in [0.1, 0.15) is 26.5 Å². The highest BCUT2D eigenvalue weighted by atomic mass is 79.9. The molecule has 0 aliphatic rings. The Labute approximate surface area is 140 Å². The first-order valence-electron chi connectivity index (χ1n) is 7.06. The number of carbonyl (C=O) groups is 1. The fourth-order valence-electron chi connectivity index (χ4n) is 1.95. The van der Waals surface area contributed by atoms with Gasteiger partial charge >= 0.3 is 5.97 Å². The van der Waals surface area contributed by atoms with E-state index < -0.39 is 5.60 Å². The SMILES string of the molecule is CN=C(NCC(=O)OC(C)(C)C)N(C)Cc1cc(Br)cn1C. The van der Waals surface area contributed by atoms with E-state index in [1.807, 2.05) is 50.5 Å². The summed E-state index contributed by atoms with van der Waals surface area (Å²) in [5.41, 5.74) is 0.651. The lowest BCUT2D eigenvalue weighted by molar-refractivity contribution is -0.153. The zero-order chi connectivity index (χ0) is 16.9. The van der Waals surface area contributed by atoms with E-state index in [1.165, 1.54) is 0 Å². The van der Waals surface area contributed by atoms with Crippen LogP contribution in [0.4, 0.5) is 0 Å². The van der Waals surface area contributed by atoms with Gasteiger partial charge in [-0.25, -0.2) is 0 Å². The molecule has 0 saturated carbocycles. The van der Waals surface area contributed by atoms with Crippen molar-refractivity contribution in [2.24, 2.45) is 12.0 Å². The molecule has 1 heterocycles. The Morgan fingerprint density at radius 3 is 2.59 bits per heavy atom. The van der Waals surface area contributed by atoms with Gasteiger partial charge in [0.1, 0.15) is 12.1 Å². The van der Waals surface area contributed by atoms with Gasteiger partial charge in [-0.1, -0.05) is 0 Å². The molecule has 0 aromatic carbocycles. The monoisotopic (exact) mass is 372 g/mol. The number of rotatable bonds is 4. The van der Waals surface area contributed by atoms with Gasteiger partial charge in [0.05, 0.1) is 6.54 Å². The van der Waals surface area contributed by atoms with E-state index in [2.05, 4.69) is 32.3 Å². The molecule has 1 aromatic rings. The highest BCUT2D eigenvalue weighted by Crippen LogP contribution is 2.15. The molecule has 0 saturated heterocycles. The second-order valence-electron chi connectivity index (χ2n) is 6.10. The van der Waals surface area contributed by atoms with Gasteiger partial charge in [0.2, 0.25) is 0 Å². The Balaban J connectivity index is 2.57. The van der Waals surface area contributed by atoms with Crippen LogP contribution in [0.3, 0.4) is 0 Å². The van der Waals surface area contributed by atoms with E-state index in [-0.39, 0.29) is 12.5 Å². The Morgan fingerprint density at radius 2 is 2.14 bits per heavy atom.